The highest BCUT2D eigenvalue weighted by Gasteiger charge is 2.22. The van der Waals surface area contributed by atoms with Gasteiger partial charge in [-0.2, -0.15) is 5.10 Å². The number of hydrogen-bond donors (Lipinski definition) is 3. The van der Waals surface area contributed by atoms with E-state index in [0.29, 0.717) is 22.2 Å². The summed E-state index contributed by atoms with van der Waals surface area (Å²) in [5, 5.41) is 16.2. The molecule has 8 heteroatoms. The number of phenolic OH excluding ortho intramolecular Hbond substituents is 1. The van der Waals surface area contributed by atoms with Crippen LogP contribution in [0, 0.1) is 12.8 Å². The minimum absolute atomic E-state index is 0.115. The molecule has 0 fully saturated rings. The summed E-state index contributed by atoms with van der Waals surface area (Å²) < 4.78 is 6.07. The SMILES string of the molecule is Cc1ccccc1OCC(=O)N[C@H](CC(C)C)C(=O)N/N=C\c1ccc(O)c(Br)c1. The molecule has 1 atom stereocenters. The molecular formula is C22H26BrN3O4. The number of nitrogens with zero attached hydrogens (tertiary/aromatic N) is 1. The van der Waals surface area contributed by atoms with Crippen LogP contribution in [0.2, 0.25) is 0 Å². The standard InChI is InChI=1S/C22H26BrN3O4/c1-14(2)10-18(25-21(28)13-30-20-7-5-4-6-15(20)3)22(29)26-24-12-16-8-9-19(27)17(23)11-16/h4-9,11-12,14,18,27H,10,13H2,1-3H3,(H,25,28)(H,26,29)/b24-12-/t18-/m1/s1. The second-order valence-electron chi connectivity index (χ2n) is 7.25. The first-order valence-electron chi connectivity index (χ1n) is 9.55. The van der Waals surface area contributed by atoms with Gasteiger partial charge in [-0.1, -0.05) is 32.0 Å². The van der Waals surface area contributed by atoms with Crippen molar-refractivity contribution in [2.24, 2.45) is 11.0 Å². The molecule has 160 valence electrons. The number of aryl methyl sites for hydroxylation is 1. The first kappa shape index (κ1) is 23.4. The molecule has 0 aliphatic heterocycles. The van der Waals surface area contributed by atoms with Gasteiger partial charge in [0, 0.05) is 0 Å². The number of hydrogen-bond acceptors (Lipinski definition) is 5. The van der Waals surface area contributed by atoms with Crippen molar-refractivity contribution in [3.8, 4) is 11.5 Å². The van der Waals surface area contributed by atoms with Crippen LogP contribution in [0.15, 0.2) is 52.0 Å². The quantitative estimate of drug-likeness (QED) is 0.381. The van der Waals surface area contributed by atoms with Gasteiger partial charge in [-0.3, -0.25) is 9.59 Å². The minimum Gasteiger partial charge on any atom is -0.507 e. The number of carbonyl (C=O) groups is 2. The summed E-state index contributed by atoms with van der Waals surface area (Å²) in [4.78, 5) is 24.8. The highest BCUT2D eigenvalue weighted by molar-refractivity contribution is 9.10. The van der Waals surface area contributed by atoms with Crippen molar-refractivity contribution in [2.45, 2.75) is 33.2 Å². The van der Waals surface area contributed by atoms with Crippen LogP contribution in [0.5, 0.6) is 11.5 Å². The van der Waals surface area contributed by atoms with Crippen molar-refractivity contribution in [2.75, 3.05) is 6.61 Å². The Labute approximate surface area is 184 Å². The normalized spacial score (nSPS) is 12.0. The first-order chi connectivity index (χ1) is 14.3. The number of amides is 2. The summed E-state index contributed by atoms with van der Waals surface area (Å²) in [6, 6.07) is 11.5. The van der Waals surface area contributed by atoms with Gasteiger partial charge >= 0.3 is 0 Å². The van der Waals surface area contributed by atoms with Crippen molar-refractivity contribution in [1.29, 1.82) is 0 Å². The van der Waals surface area contributed by atoms with Gasteiger partial charge in [0.25, 0.3) is 11.8 Å². The number of halogens is 1. The molecule has 0 saturated heterocycles. The molecule has 3 N–H and O–H groups in total. The van der Waals surface area contributed by atoms with Crippen LogP contribution in [0.25, 0.3) is 0 Å². The van der Waals surface area contributed by atoms with Gasteiger partial charge in [0.2, 0.25) is 0 Å². The maximum Gasteiger partial charge on any atom is 0.262 e. The summed E-state index contributed by atoms with van der Waals surface area (Å²) in [6.07, 6.45) is 1.92. The van der Waals surface area contributed by atoms with Gasteiger partial charge in [-0.15, -0.1) is 0 Å². The molecule has 2 aromatic carbocycles. The fraction of sp³-hybridized carbons (Fsp3) is 0.318. The van der Waals surface area contributed by atoms with E-state index in [1.54, 1.807) is 18.2 Å². The Morgan fingerprint density at radius 2 is 1.97 bits per heavy atom. The predicted molar refractivity (Wildman–Crippen MR) is 120 cm³/mol. The maximum atomic E-state index is 12.5. The number of hydrazone groups is 1. The molecule has 30 heavy (non-hydrogen) atoms. The van der Waals surface area contributed by atoms with Crippen LogP contribution in [0.4, 0.5) is 0 Å². The zero-order chi connectivity index (χ0) is 22.1. The lowest BCUT2D eigenvalue weighted by atomic mass is 10.0. The Hall–Kier alpha value is -2.87. The molecule has 0 heterocycles. The Balaban J connectivity index is 1.93. The lowest BCUT2D eigenvalue weighted by molar-refractivity contribution is -0.130. The Morgan fingerprint density at radius 3 is 2.63 bits per heavy atom. The molecule has 2 rings (SSSR count). The zero-order valence-electron chi connectivity index (χ0n) is 17.2. The summed E-state index contributed by atoms with van der Waals surface area (Å²) in [7, 11) is 0. The van der Waals surface area contributed by atoms with Gasteiger partial charge in [-0.25, -0.2) is 5.43 Å². The Morgan fingerprint density at radius 1 is 1.23 bits per heavy atom. The van der Waals surface area contributed by atoms with Crippen LogP contribution >= 0.6 is 15.9 Å². The summed E-state index contributed by atoms with van der Waals surface area (Å²) in [5.41, 5.74) is 4.07. The molecule has 0 bridgehead atoms. The van der Waals surface area contributed by atoms with E-state index in [4.69, 9.17) is 4.74 Å². The van der Waals surface area contributed by atoms with Crippen molar-refractivity contribution in [1.82, 2.24) is 10.7 Å². The van der Waals surface area contributed by atoms with Crippen molar-refractivity contribution in [3.63, 3.8) is 0 Å². The molecule has 2 amide bonds. The van der Waals surface area contributed by atoms with Gasteiger partial charge < -0.3 is 15.2 Å². The van der Waals surface area contributed by atoms with E-state index in [2.05, 4.69) is 31.8 Å². The number of aromatic hydroxyl groups is 1. The number of rotatable bonds is 9. The predicted octanol–water partition coefficient (Wildman–Crippen LogP) is 3.52. The lowest BCUT2D eigenvalue weighted by Gasteiger charge is -2.19. The third-order valence-corrected chi connectivity index (χ3v) is 4.81. The number of phenols is 1. The maximum absolute atomic E-state index is 12.5. The Kier molecular flexibility index (Phi) is 8.86. The van der Waals surface area contributed by atoms with Gasteiger partial charge in [0.05, 0.1) is 10.7 Å². The molecule has 0 spiro atoms. The number of nitrogens with one attached hydrogen (secondary N) is 2. The molecule has 0 unspecified atom stereocenters. The number of para-hydroxylation sites is 1. The van der Waals surface area contributed by atoms with E-state index in [1.165, 1.54) is 12.3 Å². The van der Waals surface area contributed by atoms with Crippen molar-refractivity contribution >= 4 is 34.0 Å². The van der Waals surface area contributed by atoms with Crippen LogP contribution in [0.1, 0.15) is 31.4 Å². The average Bonchev–Trinajstić information content (AvgIpc) is 2.69. The van der Waals surface area contributed by atoms with Crippen LogP contribution in [-0.4, -0.2) is 35.8 Å². The zero-order valence-corrected chi connectivity index (χ0v) is 18.8. The van der Waals surface area contributed by atoms with Crippen molar-refractivity contribution < 1.29 is 19.4 Å². The molecule has 2 aromatic rings. The second-order valence-corrected chi connectivity index (χ2v) is 8.10. The van der Waals surface area contributed by atoms with E-state index in [0.717, 1.165) is 5.56 Å². The molecule has 0 radical (unpaired) electrons. The molecule has 0 aliphatic carbocycles. The van der Waals surface area contributed by atoms with E-state index >= 15 is 0 Å². The smallest absolute Gasteiger partial charge is 0.262 e. The van der Waals surface area contributed by atoms with E-state index in [-0.39, 0.29) is 24.2 Å². The first-order valence-corrected chi connectivity index (χ1v) is 10.3. The summed E-state index contributed by atoms with van der Waals surface area (Å²) in [6.45, 7) is 5.64. The fourth-order valence-electron chi connectivity index (χ4n) is 2.65. The van der Waals surface area contributed by atoms with Gasteiger partial charge in [-0.05, 0) is 70.6 Å². The highest BCUT2D eigenvalue weighted by Crippen LogP contribution is 2.23. The number of carbonyl (C=O) groups excluding carboxylic acids is 2. The largest absolute Gasteiger partial charge is 0.507 e. The summed E-state index contributed by atoms with van der Waals surface area (Å²) in [5.74, 6) is 0.133. The fourth-order valence-corrected chi connectivity index (χ4v) is 3.05. The van der Waals surface area contributed by atoms with E-state index in [1.807, 2.05) is 39.0 Å². The van der Waals surface area contributed by atoms with Gasteiger partial charge in [0.1, 0.15) is 17.5 Å². The molecule has 0 aromatic heterocycles. The second kappa shape index (κ2) is 11.3. The molecule has 0 saturated carbocycles. The van der Waals surface area contributed by atoms with E-state index < -0.39 is 11.9 Å². The minimum atomic E-state index is -0.735. The number of ether oxygens (including phenoxy) is 1. The lowest BCUT2D eigenvalue weighted by Crippen LogP contribution is -2.47. The number of benzene rings is 2. The van der Waals surface area contributed by atoms with E-state index in [9.17, 15) is 14.7 Å². The van der Waals surface area contributed by atoms with Crippen molar-refractivity contribution in [3.05, 3.63) is 58.1 Å². The van der Waals surface area contributed by atoms with Crippen LogP contribution in [0.3, 0.4) is 0 Å². The average molecular weight is 476 g/mol. The third kappa shape index (κ3) is 7.51. The van der Waals surface area contributed by atoms with Crippen LogP contribution in [-0.2, 0) is 9.59 Å². The van der Waals surface area contributed by atoms with Crippen LogP contribution < -0.4 is 15.5 Å². The Bertz CT molecular complexity index is 915. The molecular weight excluding hydrogens is 450 g/mol. The third-order valence-electron chi connectivity index (χ3n) is 4.17. The van der Waals surface area contributed by atoms with Gasteiger partial charge in [0.15, 0.2) is 6.61 Å². The summed E-state index contributed by atoms with van der Waals surface area (Å²) >= 11 is 3.22. The monoisotopic (exact) mass is 475 g/mol. The topological polar surface area (TPSA) is 100 Å². The highest BCUT2D eigenvalue weighted by atomic mass is 79.9. The molecule has 0 aliphatic rings. The molecule has 7 nitrogen and oxygen atoms in total.